The van der Waals surface area contributed by atoms with E-state index >= 15 is 0 Å². The first-order valence-corrected chi connectivity index (χ1v) is 9.72. The van der Waals surface area contributed by atoms with Gasteiger partial charge in [-0.1, -0.05) is 11.6 Å². The summed E-state index contributed by atoms with van der Waals surface area (Å²) in [7, 11) is 1.83. The summed E-state index contributed by atoms with van der Waals surface area (Å²) in [5, 5.41) is 3.61. The number of hydrogen-bond donors (Lipinski definition) is 1. The van der Waals surface area contributed by atoms with Crippen molar-refractivity contribution in [1.29, 1.82) is 0 Å². The van der Waals surface area contributed by atoms with Gasteiger partial charge in [-0.2, -0.15) is 0 Å². The number of rotatable bonds is 5. The molecule has 0 radical (unpaired) electrons. The largest absolute Gasteiger partial charge is 0.364 e. The summed E-state index contributed by atoms with van der Waals surface area (Å²) in [6, 6.07) is 3.83. The van der Waals surface area contributed by atoms with Gasteiger partial charge in [-0.15, -0.1) is 0 Å². The molecular formula is C19H20ClN7O. The van der Waals surface area contributed by atoms with Crippen LogP contribution in [0.5, 0.6) is 0 Å². The molecule has 5 rings (SSSR count). The Hall–Kier alpha value is -2.87. The van der Waals surface area contributed by atoms with Crippen LogP contribution >= 0.6 is 11.6 Å². The van der Waals surface area contributed by atoms with E-state index in [9.17, 15) is 4.79 Å². The topological polar surface area (TPSA) is 78.7 Å². The van der Waals surface area contributed by atoms with E-state index in [2.05, 4.69) is 27.5 Å². The van der Waals surface area contributed by atoms with E-state index in [1.807, 2.05) is 22.5 Å². The number of hydrogen-bond acceptors (Lipinski definition) is 5. The molecule has 9 heteroatoms. The highest BCUT2D eigenvalue weighted by Gasteiger charge is 2.31. The maximum Gasteiger partial charge on any atom is 0.324 e. The smallest absolute Gasteiger partial charge is 0.324 e. The molecule has 1 saturated heterocycles. The molecule has 2 fully saturated rings. The minimum absolute atomic E-state index is 0.0214. The lowest BCUT2D eigenvalue weighted by Crippen LogP contribution is -2.29. The van der Waals surface area contributed by atoms with Gasteiger partial charge in [-0.25, -0.2) is 19.7 Å². The summed E-state index contributed by atoms with van der Waals surface area (Å²) in [4.78, 5) is 29.0. The van der Waals surface area contributed by atoms with Gasteiger partial charge in [-0.05, 0) is 30.4 Å². The monoisotopic (exact) mass is 397 g/mol. The lowest BCUT2D eigenvalue weighted by Gasteiger charge is -2.18. The fourth-order valence-electron chi connectivity index (χ4n) is 3.56. The quantitative estimate of drug-likeness (QED) is 0.669. The van der Waals surface area contributed by atoms with Crippen molar-refractivity contribution < 1.29 is 4.79 Å². The van der Waals surface area contributed by atoms with Crippen LogP contribution in [0, 0.1) is 0 Å². The number of anilines is 2. The zero-order chi connectivity index (χ0) is 19.3. The highest BCUT2D eigenvalue weighted by Crippen LogP contribution is 2.42. The number of urea groups is 1. The van der Waals surface area contributed by atoms with Crippen LogP contribution in [0.1, 0.15) is 30.0 Å². The lowest BCUT2D eigenvalue weighted by atomic mass is 10.1. The van der Waals surface area contributed by atoms with Crippen LogP contribution in [-0.2, 0) is 6.54 Å². The van der Waals surface area contributed by atoms with Crippen molar-refractivity contribution in [1.82, 2.24) is 24.3 Å². The molecule has 0 spiro atoms. The number of nitrogens with one attached hydrogen (secondary N) is 1. The van der Waals surface area contributed by atoms with Gasteiger partial charge in [0.1, 0.15) is 17.3 Å². The second-order valence-electron chi connectivity index (χ2n) is 7.33. The average Bonchev–Trinajstić information content (AvgIpc) is 3.37. The third kappa shape index (κ3) is 3.13. The van der Waals surface area contributed by atoms with E-state index in [0.29, 0.717) is 30.0 Å². The minimum Gasteiger partial charge on any atom is -0.364 e. The van der Waals surface area contributed by atoms with Crippen LogP contribution in [0.15, 0.2) is 30.9 Å². The summed E-state index contributed by atoms with van der Waals surface area (Å²) in [6.07, 6.45) is 7.97. The first-order chi connectivity index (χ1) is 13.6. The zero-order valence-corrected chi connectivity index (χ0v) is 16.2. The molecule has 0 atom stereocenters. The van der Waals surface area contributed by atoms with Crippen molar-refractivity contribution in [3.8, 4) is 0 Å². The average molecular weight is 398 g/mol. The summed E-state index contributed by atoms with van der Waals surface area (Å²) in [6.45, 7) is 1.91. The van der Waals surface area contributed by atoms with Crippen molar-refractivity contribution in [2.45, 2.75) is 25.3 Å². The van der Waals surface area contributed by atoms with Crippen molar-refractivity contribution >= 4 is 34.8 Å². The van der Waals surface area contributed by atoms with Crippen LogP contribution in [0.25, 0.3) is 5.65 Å². The Balaban J connectivity index is 1.49. The minimum atomic E-state index is 0.0214. The normalized spacial score (nSPS) is 17.0. The molecule has 28 heavy (non-hydrogen) atoms. The van der Waals surface area contributed by atoms with Gasteiger partial charge in [0.15, 0.2) is 5.65 Å². The van der Waals surface area contributed by atoms with E-state index in [0.717, 1.165) is 23.6 Å². The first kappa shape index (κ1) is 17.2. The molecule has 3 aromatic heterocycles. The second kappa shape index (κ2) is 6.63. The number of fused-ring (bicyclic) bond motifs is 1. The molecule has 2 aliphatic rings. The maximum absolute atomic E-state index is 12.6. The molecular weight excluding hydrogens is 378 g/mol. The standard InChI is InChI=1S/C19H20ClN7O/c1-25-4-5-27(19(25)28)15-6-13(12-2-3-12)9-26-10-14(24-18(15)26)8-21-17-7-16(20)22-11-23-17/h6-7,9-12H,2-5,8H2,1H3,(H,21,22,23). The second-order valence-corrected chi connectivity index (χ2v) is 7.72. The third-order valence-electron chi connectivity index (χ3n) is 5.24. The molecule has 144 valence electrons. The number of imidazole rings is 1. The van der Waals surface area contributed by atoms with E-state index in [1.165, 1.54) is 24.7 Å². The Bertz CT molecular complexity index is 1060. The maximum atomic E-state index is 12.6. The number of amides is 2. The molecule has 0 bridgehead atoms. The van der Waals surface area contributed by atoms with Crippen LogP contribution < -0.4 is 10.2 Å². The highest BCUT2D eigenvalue weighted by atomic mass is 35.5. The van der Waals surface area contributed by atoms with Crippen LogP contribution in [0.3, 0.4) is 0 Å². The van der Waals surface area contributed by atoms with Crippen LogP contribution in [-0.4, -0.2) is 50.4 Å². The summed E-state index contributed by atoms with van der Waals surface area (Å²) < 4.78 is 2.04. The van der Waals surface area contributed by atoms with Gasteiger partial charge in [0, 0.05) is 38.6 Å². The van der Waals surface area contributed by atoms with E-state index < -0.39 is 0 Å². The highest BCUT2D eigenvalue weighted by molar-refractivity contribution is 6.29. The van der Waals surface area contributed by atoms with Crippen molar-refractivity contribution in [3.05, 3.63) is 47.3 Å². The van der Waals surface area contributed by atoms with Gasteiger partial charge in [-0.3, -0.25) is 4.90 Å². The lowest BCUT2D eigenvalue weighted by molar-refractivity contribution is 0.229. The van der Waals surface area contributed by atoms with Gasteiger partial charge in [0.05, 0.1) is 17.9 Å². The Morgan fingerprint density at radius 1 is 1.21 bits per heavy atom. The fraction of sp³-hybridized carbons (Fsp3) is 0.368. The Labute approximate surface area is 167 Å². The molecule has 8 nitrogen and oxygen atoms in total. The molecule has 3 aromatic rings. The van der Waals surface area contributed by atoms with Crippen molar-refractivity contribution in [2.24, 2.45) is 0 Å². The molecule has 1 saturated carbocycles. The SMILES string of the molecule is CN1CCN(c2cc(C3CC3)cn3cc(CNc4cc(Cl)ncn4)nc23)C1=O. The Morgan fingerprint density at radius 3 is 2.79 bits per heavy atom. The predicted molar refractivity (Wildman–Crippen MR) is 107 cm³/mol. The molecule has 0 unspecified atom stereocenters. The number of carbonyl (C=O) groups excluding carboxylic acids is 1. The third-order valence-corrected chi connectivity index (χ3v) is 5.45. The predicted octanol–water partition coefficient (Wildman–Crippen LogP) is 3.14. The van der Waals surface area contributed by atoms with E-state index in [1.54, 1.807) is 11.0 Å². The fourth-order valence-corrected chi connectivity index (χ4v) is 3.71. The van der Waals surface area contributed by atoms with E-state index in [4.69, 9.17) is 16.6 Å². The van der Waals surface area contributed by atoms with Gasteiger partial charge < -0.3 is 14.6 Å². The Kier molecular flexibility index (Phi) is 4.08. The van der Waals surface area contributed by atoms with Gasteiger partial charge >= 0.3 is 6.03 Å². The molecule has 1 aliphatic carbocycles. The summed E-state index contributed by atoms with van der Waals surface area (Å²) >= 11 is 5.91. The number of pyridine rings is 1. The molecule has 0 aromatic carbocycles. The van der Waals surface area contributed by atoms with Crippen molar-refractivity contribution in [2.75, 3.05) is 30.4 Å². The molecule has 2 amide bonds. The van der Waals surface area contributed by atoms with Gasteiger partial charge in [0.2, 0.25) is 0 Å². The van der Waals surface area contributed by atoms with Crippen LogP contribution in [0.4, 0.5) is 16.3 Å². The number of nitrogens with zero attached hydrogens (tertiary/aromatic N) is 6. The van der Waals surface area contributed by atoms with E-state index in [-0.39, 0.29) is 6.03 Å². The zero-order valence-electron chi connectivity index (χ0n) is 15.5. The van der Waals surface area contributed by atoms with Crippen molar-refractivity contribution in [3.63, 3.8) is 0 Å². The summed E-state index contributed by atoms with van der Waals surface area (Å²) in [5.74, 6) is 1.23. The number of halogens is 1. The number of likely N-dealkylation sites (N-methyl/N-ethyl adjacent to an activating group) is 1. The van der Waals surface area contributed by atoms with Crippen LogP contribution in [0.2, 0.25) is 5.15 Å². The number of aromatic nitrogens is 4. The Morgan fingerprint density at radius 2 is 2.07 bits per heavy atom. The molecule has 1 aliphatic heterocycles. The molecule has 1 N–H and O–H groups in total. The summed E-state index contributed by atoms with van der Waals surface area (Å²) in [5.41, 5.74) is 3.81. The number of carbonyl (C=O) groups is 1. The van der Waals surface area contributed by atoms with Gasteiger partial charge in [0.25, 0.3) is 0 Å². The first-order valence-electron chi connectivity index (χ1n) is 9.34. The molecule has 4 heterocycles.